The third-order valence-corrected chi connectivity index (χ3v) is 8.46. The van der Waals surface area contributed by atoms with Crippen molar-refractivity contribution in [1.82, 2.24) is 9.62 Å². The molecule has 3 rings (SSSR count). The summed E-state index contributed by atoms with van der Waals surface area (Å²) in [6, 6.07) is 8.57. The van der Waals surface area contributed by atoms with Crippen LogP contribution in [0.4, 0.5) is 0 Å². The van der Waals surface area contributed by atoms with Crippen LogP contribution in [0.5, 0.6) is 5.75 Å². The fourth-order valence-electron chi connectivity index (χ4n) is 4.30. The third kappa shape index (κ3) is 5.70. The maximum atomic E-state index is 13.2. The summed E-state index contributed by atoms with van der Waals surface area (Å²) in [6.45, 7) is 10.9. The molecule has 0 radical (unpaired) electrons. The van der Waals surface area contributed by atoms with Gasteiger partial charge < -0.3 is 10.1 Å². The van der Waals surface area contributed by atoms with E-state index in [-0.39, 0.29) is 28.4 Å². The molecule has 1 N–H and O–H groups in total. The Morgan fingerprint density at radius 3 is 2.55 bits per heavy atom. The Labute approximate surface area is 202 Å². The van der Waals surface area contributed by atoms with Crippen molar-refractivity contribution in [3.05, 3.63) is 57.6 Å². The van der Waals surface area contributed by atoms with Gasteiger partial charge in [0.1, 0.15) is 5.75 Å². The zero-order valence-electron chi connectivity index (χ0n) is 19.9. The number of carbonyl (C=O) groups is 1. The van der Waals surface area contributed by atoms with Crippen LogP contribution in [-0.4, -0.2) is 38.3 Å². The van der Waals surface area contributed by atoms with Crippen molar-refractivity contribution < 1.29 is 17.9 Å². The first-order valence-corrected chi connectivity index (χ1v) is 13.2. The number of hydrogen-bond donors (Lipinski definition) is 1. The van der Waals surface area contributed by atoms with E-state index in [0.717, 1.165) is 11.1 Å². The third-order valence-electron chi connectivity index (χ3n) is 6.30. The van der Waals surface area contributed by atoms with Crippen LogP contribution in [0.15, 0.2) is 35.2 Å². The number of amides is 1. The zero-order chi connectivity index (χ0) is 24.3. The van der Waals surface area contributed by atoms with E-state index in [4.69, 9.17) is 16.3 Å². The molecule has 0 bridgehead atoms. The molecule has 1 aliphatic heterocycles. The van der Waals surface area contributed by atoms with Crippen molar-refractivity contribution in [2.45, 2.75) is 58.4 Å². The molecule has 8 heteroatoms. The molecule has 1 saturated heterocycles. The van der Waals surface area contributed by atoms with E-state index in [9.17, 15) is 13.2 Å². The molecule has 1 aliphatic rings. The summed E-state index contributed by atoms with van der Waals surface area (Å²) in [5.74, 6) is -0.0737. The van der Waals surface area contributed by atoms with Crippen LogP contribution in [0.3, 0.4) is 0 Å². The van der Waals surface area contributed by atoms with E-state index in [0.29, 0.717) is 31.7 Å². The molecule has 1 heterocycles. The number of sulfonamides is 1. The van der Waals surface area contributed by atoms with Crippen molar-refractivity contribution in [2.75, 3.05) is 19.7 Å². The van der Waals surface area contributed by atoms with Gasteiger partial charge in [0.05, 0.1) is 28.5 Å². The average Bonchev–Trinajstić information content (AvgIpc) is 2.77. The lowest BCUT2D eigenvalue weighted by Crippen LogP contribution is -2.45. The highest BCUT2D eigenvalue weighted by Gasteiger charge is 2.34. The van der Waals surface area contributed by atoms with Crippen LogP contribution in [0.1, 0.15) is 55.0 Å². The number of piperidine rings is 1. The zero-order valence-corrected chi connectivity index (χ0v) is 21.5. The maximum absolute atomic E-state index is 13.2. The number of ether oxygens (including phenoxy) is 1. The topological polar surface area (TPSA) is 75.7 Å². The van der Waals surface area contributed by atoms with Gasteiger partial charge in [-0.3, -0.25) is 4.79 Å². The summed E-state index contributed by atoms with van der Waals surface area (Å²) >= 11 is 6.21. The first-order valence-electron chi connectivity index (χ1n) is 11.3. The first kappa shape index (κ1) is 25.5. The smallest absolute Gasteiger partial charge is 0.243 e. The summed E-state index contributed by atoms with van der Waals surface area (Å²) in [4.78, 5) is 13.2. The van der Waals surface area contributed by atoms with Crippen molar-refractivity contribution in [1.29, 1.82) is 0 Å². The SMILES string of the molecule is CCOc1ccc(S(=O)(=O)N2CCC[C@H](C(=O)N[C@@H](C)c3cc(C)c(C)cc3C)C2)cc1Cl. The number of benzene rings is 2. The van der Waals surface area contributed by atoms with Gasteiger partial charge in [-0.05, 0) is 87.9 Å². The molecule has 180 valence electrons. The predicted octanol–water partition coefficient (Wildman–Crippen LogP) is 4.94. The highest BCUT2D eigenvalue weighted by atomic mass is 35.5. The lowest BCUT2D eigenvalue weighted by atomic mass is 9.95. The summed E-state index contributed by atoms with van der Waals surface area (Å²) in [7, 11) is -3.77. The minimum Gasteiger partial charge on any atom is -0.492 e. The average molecular weight is 493 g/mol. The van der Waals surface area contributed by atoms with Gasteiger partial charge in [0.2, 0.25) is 15.9 Å². The van der Waals surface area contributed by atoms with Gasteiger partial charge in [0.15, 0.2) is 0 Å². The lowest BCUT2D eigenvalue weighted by molar-refractivity contribution is -0.126. The highest BCUT2D eigenvalue weighted by Crippen LogP contribution is 2.31. The molecular formula is C25H33ClN2O4S. The molecule has 6 nitrogen and oxygen atoms in total. The Morgan fingerprint density at radius 1 is 1.18 bits per heavy atom. The van der Waals surface area contributed by atoms with E-state index in [1.165, 1.54) is 27.6 Å². The van der Waals surface area contributed by atoms with Crippen molar-refractivity contribution in [3.8, 4) is 5.75 Å². The van der Waals surface area contributed by atoms with Gasteiger partial charge in [0, 0.05) is 13.1 Å². The van der Waals surface area contributed by atoms with Gasteiger partial charge >= 0.3 is 0 Å². The fourth-order valence-corrected chi connectivity index (χ4v) is 6.15. The van der Waals surface area contributed by atoms with E-state index in [1.54, 1.807) is 6.07 Å². The highest BCUT2D eigenvalue weighted by molar-refractivity contribution is 7.89. The van der Waals surface area contributed by atoms with Crippen LogP contribution < -0.4 is 10.1 Å². The molecule has 2 aromatic rings. The van der Waals surface area contributed by atoms with Crippen LogP contribution in [0, 0.1) is 26.7 Å². The van der Waals surface area contributed by atoms with Gasteiger partial charge in [-0.1, -0.05) is 23.7 Å². The number of aryl methyl sites for hydroxylation is 3. The number of hydrogen-bond acceptors (Lipinski definition) is 4. The number of nitrogens with one attached hydrogen (secondary N) is 1. The molecule has 0 spiro atoms. The Balaban J connectivity index is 1.72. The minimum absolute atomic E-state index is 0.108. The van der Waals surface area contributed by atoms with Crippen molar-refractivity contribution in [2.24, 2.45) is 5.92 Å². The monoisotopic (exact) mass is 492 g/mol. The summed E-state index contributed by atoms with van der Waals surface area (Å²) in [5, 5.41) is 3.35. The number of nitrogens with zero attached hydrogens (tertiary/aromatic N) is 1. The van der Waals surface area contributed by atoms with Crippen LogP contribution >= 0.6 is 11.6 Å². The standard InChI is InChI=1S/C25H33ClN2O4S/c1-6-32-24-10-9-21(14-23(24)26)33(30,31)28-11-7-8-20(15-28)25(29)27-19(5)22-13-17(3)16(2)12-18(22)4/h9-10,12-14,19-20H,6-8,11,15H2,1-5H3,(H,27,29)/t19-,20-/m0/s1. The molecule has 0 unspecified atom stereocenters. The number of carbonyl (C=O) groups excluding carboxylic acids is 1. The van der Waals surface area contributed by atoms with Gasteiger partial charge in [0.25, 0.3) is 0 Å². The van der Waals surface area contributed by atoms with E-state index in [2.05, 4.69) is 31.3 Å². The molecule has 0 saturated carbocycles. The minimum atomic E-state index is -3.77. The summed E-state index contributed by atoms with van der Waals surface area (Å²) in [5.41, 5.74) is 4.61. The molecule has 2 aromatic carbocycles. The molecule has 0 aromatic heterocycles. The van der Waals surface area contributed by atoms with E-state index < -0.39 is 15.9 Å². The van der Waals surface area contributed by atoms with E-state index in [1.807, 2.05) is 20.8 Å². The molecule has 2 atom stereocenters. The molecular weight excluding hydrogens is 460 g/mol. The van der Waals surface area contributed by atoms with Crippen LogP contribution in [0.2, 0.25) is 5.02 Å². The Morgan fingerprint density at radius 2 is 1.88 bits per heavy atom. The second-order valence-electron chi connectivity index (χ2n) is 8.75. The Bertz CT molecular complexity index is 1130. The summed E-state index contributed by atoms with van der Waals surface area (Å²) in [6.07, 6.45) is 1.28. The number of halogens is 1. The van der Waals surface area contributed by atoms with Crippen molar-refractivity contribution >= 4 is 27.5 Å². The van der Waals surface area contributed by atoms with Gasteiger partial charge in [-0.15, -0.1) is 0 Å². The second kappa shape index (κ2) is 10.5. The van der Waals surface area contributed by atoms with Crippen molar-refractivity contribution in [3.63, 3.8) is 0 Å². The first-order chi connectivity index (χ1) is 15.5. The Hall–Kier alpha value is -2.09. The molecule has 1 fully saturated rings. The molecule has 33 heavy (non-hydrogen) atoms. The predicted molar refractivity (Wildman–Crippen MR) is 131 cm³/mol. The fraction of sp³-hybridized carbons (Fsp3) is 0.480. The second-order valence-corrected chi connectivity index (χ2v) is 11.1. The molecule has 0 aliphatic carbocycles. The molecule has 1 amide bonds. The van der Waals surface area contributed by atoms with Gasteiger partial charge in [-0.2, -0.15) is 4.31 Å². The Kier molecular flexibility index (Phi) is 8.08. The van der Waals surface area contributed by atoms with Crippen LogP contribution in [0.25, 0.3) is 0 Å². The lowest BCUT2D eigenvalue weighted by Gasteiger charge is -2.32. The van der Waals surface area contributed by atoms with Crippen LogP contribution in [-0.2, 0) is 14.8 Å². The van der Waals surface area contributed by atoms with Gasteiger partial charge in [-0.25, -0.2) is 8.42 Å². The van der Waals surface area contributed by atoms with E-state index >= 15 is 0 Å². The number of rotatable bonds is 7. The maximum Gasteiger partial charge on any atom is 0.243 e. The summed E-state index contributed by atoms with van der Waals surface area (Å²) < 4.78 is 33.2. The quantitative estimate of drug-likeness (QED) is 0.593. The largest absolute Gasteiger partial charge is 0.492 e. The normalized spacial score (nSPS) is 18.1.